The third-order valence-corrected chi connectivity index (χ3v) is 6.45. The van der Waals surface area contributed by atoms with E-state index in [0.29, 0.717) is 42.7 Å². The molecule has 8 heteroatoms. The smallest absolute Gasteiger partial charge is 0.335 e. The highest BCUT2D eigenvalue weighted by Gasteiger charge is 2.31. The molecule has 0 bridgehead atoms. The summed E-state index contributed by atoms with van der Waals surface area (Å²) in [6.07, 6.45) is 0.447. The van der Waals surface area contributed by atoms with Crippen molar-refractivity contribution in [2.24, 2.45) is 0 Å². The minimum atomic E-state index is -1.05. The zero-order valence-corrected chi connectivity index (χ0v) is 20.6. The van der Waals surface area contributed by atoms with Gasteiger partial charge in [0.05, 0.1) is 5.56 Å². The van der Waals surface area contributed by atoms with E-state index in [-0.39, 0.29) is 23.3 Å². The van der Waals surface area contributed by atoms with E-state index in [4.69, 9.17) is 9.26 Å². The van der Waals surface area contributed by atoms with Crippen LogP contribution in [0.2, 0.25) is 0 Å². The topological polar surface area (TPSA) is 106 Å². The molecule has 1 aliphatic heterocycles. The Hall–Kier alpha value is -4.46. The van der Waals surface area contributed by atoms with E-state index in [1.165, 1.54) is 12.1 Å². The van der Waals surface area contributed by atoms with Gasteiger partial charge in [0.2, 0.25) is 5.91 Å². The summed E-state index contributed by atoms with van der Waals surface area (Å²) in [6, 6.07) is 21.9. The van der Waals surface area contributed by atoms with Crippen LogP contribution < -0.4 is 4.74 Å². The van der Waals surface area contributed by atoms with Gasteiger partial charge in [-0.3, -0.25) is 4.79 Å². The van der Waals surface area contributed by atoms with E-state index in [1.807, 2.05) is 56.3 Å². The number of carboxylic acid groups (broad SMARTS) is 1. The maximum absolute atomic E-state index is 12.8. The Bertz CT molecular complexity index is 1410. The Balaban J connectivity index is 1.36. The second-order valence-electron chi connectivity index (χ2n) is 9.45. The maximum atomic E-state index is 12.8. The molecular formula is C29H27N3O5. The molecule has 1 atom stereocenters. The summed E-state index contributed by atoms with van der Waals surface area (Å²) in [6.45, 7) is 4.91. The first-order valence-electron chi connectivity index (χ1n) is 12.2. The molecule has 0 radical (unpaired) electrons. The Morgan fingerprint density at radius 1 is 1.11 bits per heavy atom. The van der Waals surface area contributed by atoms with Crippen molar-refractivity contribution in [3.63, 3.8) is 0 Å². The maximum Gasteiger partial charge on any atom is 0.335 e. The van der Waals surface area contributed by atoms with Crippen molar-refractivity contribution in [3.8, 4) is 23.0 Å². The fraction of sp³-hybridized carbons (Fsp3) is 0.241. The molecule has 1 N–H and O–H groups in total. The zero-order valence-electron chi connectivity index (χ0n) is 20.6. The predicted molar refractivity (Wildman–Crippen MR) is 137 cm³/mol. The summed E-state index contributed by atoms with van der Waals surface area (Å²) in [4.78, 5) is 30.6. The van der Waals surface area contributed by atoms with Gasteiger partial charge in [-0.05, 0) is 42.0 Å². The first-order valence-corrected chi connectivity index (χ1v) is 12.2. The largest absolute Gasteiger partial charge is 0.478 e. The van der Waals surface area contributed by atoms with Crippen LogP contribution in [0.1, 0.15) is 59.4 Å². The fourth-order valence-corrected chi connectivity index (χ4v) is 4.37. The molecule has 2 heterocycles. The molecule has 1 saturated heterocycles. The number of hydrogen-bond acceptors (Lipinski definition) is 6. The molecule has 5 rings (SSSR count). The Morgan fingerprint density at radius 2 is 1.86 bits per heavy atom. The molecular weight excluding hydrogens is 470 g/mol. The van der Waals surface area contributed by atoms with Crippen molar-refractivity contribution in [3.05, 3.63) is 95.3 Å². The van der Waals surface area contributed by atoms with Gasteiger partial charge in [0.15, 0.2) is 5.82 Å². The van der Waals surface area contributed by atoms with Gasteiger partial charge in [0.25, 0.3) is 5.89 Å². The summed E-state index contributed by atoms with van der Waals surface area (Å²) in [7, 11) is 0. The zero-order chi connectivity index (χ0) is 25.9. The molecule has 0 aliphatic carbocycles. The lowest BCUT2D eigenvalue weighted by Crippen LogP contribution is -2.24. The van der Waals surface area contributed by atoms with Crippen molar-refractivity contribution in [2.75, 3.05) is 6.54 Å². The summed E-state index contributed by atoms with van der Waals surface area (Å²) in [5.41, 5.74) is 2.73. The van der Waals surface area contributed by atoms with Gasteiger partial charge in [0, 0.05) is 42.5 Å². The first kappa shape index (κ1) is 24.2. The van der Waals surface area contributed by atoms with Gasteiger partial charge >= 0.3 is 5.97 Å². The molecule has 4 aromatic rings. The Kier molecular flexibility index (Phi) is 6.72. The highest BCUT2D eigenvalue weighted by molar-refractivity contribution is 5.88. The number of amides is 1. The highest BCUT2D eigenvalue weighted by atomic mass is 16.5. The SMILES string of the molecule is CC(C)c1noc(-c2ccc(Oc3cc(C(=O)O)ccc3CN3C[C@H](c4ccccc4)CC3=O)cc2)n1. The summed E-state index contributed by atoms with van der Waals surface area (Å²) < 4.78 is 11.5. The third kappa shape index (κ3) is 5.38. The lowest BCUT2D eigenvalue weighted by molar-refractivity contribution is -0.128. The Morgan fingerprint density at radius 3 is 2.54 bits per heavy atom. The van der Waals surface area contributed by atoms with E-state index >= 15 is 0 Å². The molecule has 0 spiro atoms. The lowest BCUT2D eigenvalue weighted by atomic mass is 9.98. The molecule has 188 valence electrons. The van der Waals surface area contributed by atoms with Crippen molar-refractivity contribution in [2.45, 2.75) is 38.6 Å². The van der Waals surface area contributed by atoms with E-state index in [0.717, 1.165) is 16.7 Å². The van der Waals surface area contributed by atoms with E-state index < -0.39 is 5.97 Å². The van der Waals surface area contributed by atoms with Crippen LogP contribution in [-0.4, -0.2) is 38.6 Å². The number of carboxylic acids is 1. The van der Waals surface area contributed by atoms with Gasteiger partial charge in [-0.25, -0.2) is 4.79 Å². The monoisotopic (exact) mass is 497 g/mol. The van der Waals surface area contributed by atoms with E-state index in [9.17, 15) is 14.7 Å². The number of benzene rings is 3. The molecule has 1 amide bonds. The molecule has 37 heavy (non-hydrogen) atoms. The van der Waals surface area contributed by atoms with Gasteiger partial charge < -0.3 is 19.3 Å². The normalized spacial score (nSPS) is 15.4. The highest BCUT2D eigenvalue weighted by Crippen LogP contribution is 2.33. The molecule has 8 nitrogen and oxygen atoms in total. The van der Waals surface area contributed by atoms with Crippen molar-refractivity contribution in [1.82, 2.24) is 15.0 Å². The number of hydrogen-bond donors (Lipinski definition) is 1. The van der Waals surface area contributed by atoms with Crippen LogP contribution in [0.3, 0.4) is 0 Å². The lowest BCUT2D eigenvalue weighted by Gasteiger charge is -2.20. The first-order chi connectivity index (χ1) is 17.9. The number of aromatic carboxylic acids is 1. The summed E-state index contributed by atoms with van der Waals surface area (Å²) in [5.74, 6) is 1.27. The summed E-state index contributed by atoms with van der Waals surface area (Å²) in [5, 5.41) is 13.5. The molecule has 1 aliphatic rings. The number of carbonyl (C=O) groups excluding carboxylic acids is 1. The van der Waals surface area contributed by atoms with E-state index in [1.54, 1.807) is 23.1 Å². The molecule has 3 aromatic carbocycles. The predicted octanol–water partition coefficient (Wildman–Crippen LogP) is 5.87. The molecule has 1 aromatic heterocycles. The van der Waals surface area contributed by atoms with Crippen molar-refractivity contribution >= 4 is 11.9 Å². The third-order valence-electron chi connectivity index (χ3n) is 6.45. The average Bonchev–Trinajstić information content (AvgIpc) is 3.54. The molecule has 0 unspecified atom stereocenters. The van der Waals surface area contributed by atoms with Crippen molar-refractivity contribution in [1.29, 1.82) is 0 Å². The minimum absolute atomic E-state index is 0.0618. The van der Waals surface area contributed by atoms with E-state index in [2.05, 4.69) is 10.1 Å². The second-order valence-corrected chi connectivity index (χ2v) is 9.45. The van der Waals surface area contributed by atoms with Gasteiger partial charge in [0.1, 0.15) is 11.5 Å². The number of rotatable bonds is 8. The van der Waals surface area contributed by atoms with Gasteiger partial charge in [-0.1, -0.05) is 55.4 Å². The standard InChI is InChI=1S/C29H27N3O5/c1-18(2)27-30-28(37-31-27)20-10-12-24(13-11-20)36-25-14-21(29(34)35)8-9-22(25)16-32-17-23(15-26(32)33)19-6-4-3-5-7-19/h3-14,18,23H,15-17H2,1-2H3,(H,34,35)/t23-/m1/s1. The van der Waals surface area contributed by atoms with Crippen LogP contribution in [0.4, 0.5) is 0 Å². The minimum Gasteiger partial charge on any atom is -0.478 e. The molecule has 1 fully saturated rings. The van der Waals surface area contributed by atoms with Crippen LogP contribution in [0.5, 0.6) is 11.5 Å². The number of likely N-dealkylation sites (tertiary alicyclic amines) is 1. The van der Waals surface area contributed by atoms with Crippen LogP contribution in [0.15, 0.2) is 77.3 Å². The Labute approximate surface area is 214 Å². The second kappa shape index (κ2) is 10.3. The fourth-order valence-electron chi connectivity index (χ4n) is 4.37. The van der Waals surface area contributed by atoms with Crippen molar-refractivity contribution < 1.29 is 24.0 Å². The number of carbonyl (C=O) groups is 2. The van der Waals surface area contributed by atoms with Crippen LogP contribution in [0.25, 0.3) is 11.5 Å². The van der Waals surface area contributed by atoms with Crippen LogP contribution in [-0.2, 0) is 11.3 Å². The van der Waals surface area contributed by atoms with Gasteiger partial charge in [-0.2, -0.15) is 4.98 Å². The van der Waals surface area contributed by atoms with Gasteiger partial charge in [-0.15, -0.1) is 0 Å². The number of ether oxygens (including phenoxy) is 1. The van der Waals surface area contributed by atoms with Crippen LogP contribution >= 0.6 is 0 Å². The summed E-state index contributed by atoms with van der Waals surface area (Å²) >= 11 is 0. The quantitative estimate of drug-likeness (QED) is 0.325. The number of nitrogens with zero attached hydrogens (tertiary/aromatic N) is 3. The molecule has 0 saturated carbocycles. The number of aromatic nitrogens is 2. The average molecular weight is 498 g/mol. The van der Waals surface area contributed by atoms with Crippen LogP contribution in [0, 0.1) is 0 Å².